The van der Waals surface area contributed by atoms with E-state index in [1.165, 1.54) is 6.07 Å². The first-order chi connectivity index (χ1) is 14.7. The average molecular weight is 523 g/mol. The molecule has 0 bridgehead atoms. The van der Waals surface area contributed by atoms with E-state index in [0.29, 0.717) is 16.8 Å². The van der Waals surface area contributed by atoms with Crippen molar-refractivity contribution in [3.05, 3.63) is 33.4 Å². The third kappa shape index (κ3) is 4.21. The molecule has 0 N–H and O–H groups in total. The summed E-state index contributed by atoms with van der Waals surface area (Å²) in [7, 11) is -6.10. The van der Waals surface area contributed by atoms with Gasteiger partial charge in [0.2, 0.25) is 0 Å². The number of aromatic nitrogens is 2. The van der Waals surface area contributed by atoms with Crippen molar-refractivity contribution in [3.8, 4) is 11.8 Å². The number of anilines is 1. The van der Waals surface area contributed by atoms with E-state index in [-0.39, 0.29) is 26.3 Å². The molecule has 3 rings (SSSR count). The molecule has 1 aromatic carbocycles. The summed E-state index contributed by atoms with van der Waals surface area (Å²) in [5.74, 6) is -0.717. The van der Waals surface area contributed by atoms with Crippen LogP contribution in [0.2, 0.25) is 10.0 Å². The van der Waals surface area contributed by atoms with Crippen molar-refractivity contribution in [2.75, 3.05) is 31.2 Å². The summed E-state index contributed by atoms with van der Waals surface area (Å²) >= 11 is 11.9. The van der Waals surface area contributed by atoms with Crippen molar-refractivity contribution < 1.29 is 39.5 Å². The minimum Gasteiger partial charge on any atom is -0.378 e. The average Bonchev–Trinajstić information content (AvgIpc) is 3.06. The molecule has 1 aliphatic rings. The van der Waals surface area contributed by atoms with Crippen LogP contribution in [0, 0.1) is 11.3 Å². The monoisotopic (exact) mass is 522 g/mol. The van der Waals surface area contributed by atoms with Gasteiger partial charge in [-0.3, -0.25) is 0 Å². The highest BCUT2D eigenvalue weighted by Gasteiger charge is 2.52. The predicted molar refractivity (Wildman–Crippen MR) is 99.6 cm³/mol. The van der Waals surface area contributed by atoms with Crippen LogP contribution in [0.5, 0.6) is 0 Å². The van der Waals surface area contributed by atoms with Gasteiger partial charge in [-0.15, -0.1) is 0 Å². The van der Waals surface area contributed by atoms with Gasteiger partial charge in [-0.2, -0.15) is 36.7 Å². The zero-order valence-corrected chi connectivity index (χ0v) is 17.8. The van der Waals surface area contributed by atoms with Gasteiger partial charge < -0.3 is 9.64 Å². The van der Waals surface area contributed by atoms with E-state index >= 15 is 0 Å². The second-order valence-electron chi connectivity index (χ2n) is 6.36. The summed E-state index contributed by atoms with van der Waals surface area (Å²) in [5, 5.41) is 11.6. The molecule has 1 fully saturated rings. The molecule has 0 aliphatic carbocycles. The largest absolute Gasteiger partial charge is 0.502 e. The van der Waals surface area contributed by atoms with Crippen LogP contribution in [-0.2, 0) is 20.8 Å². The molecule has 1 aromatic heterocycles. The maximum Gasteiger partial charge on any atom is 0.502 e. The van der Waals surface area contributed by atoms with Gasteiger partial charge in [0.15, 0.2) is 16.4 Å². The Morgan fingerprint density at radius 2 is 1.59 bits per heavy atom. The second kappa shape index (κ2) is 8.29. The summed E-state index contributed by atoms with van der Waals surface area (Å²) in [5.41, 5.74) is -8.69. The van der Waals surface area contributed by atoms with Crippen LogP contribution in [0.4, 0.5) is 32.2 Å². The molecule has 1 aliphatic heterocycles. The summed E-state index contributed by atoms with van der Waals surface area (Å²) in [6.07, 6.45) is -4.84. The van der Waals surface area contributed by atoms with Crippen molar-refractivity contribution in [2.24, 2.45) is 0 Å². The molecule has 7 nitrogen and oxygen atoms in total. The Morgan fingerprint density at radius 3 is 2.03 bits per heavy atom. The van der Waals surface area contributed by atoms with E-state index in [9.17, 15) is 40.0 Å². The van der Waals surface area contributed by atoms with Crippen LogP contribution >= 0.6 is 23.2 Å². The highest BCUT2D eigenvalue weighted by Crippen LogP contribution is 2.43. The molecular weight excluding hydrogens is 513 g/mol. The fourth-order valence-corrected chi connectivity index (χ4v) is 4.65. The molecule has 0 saturated carbocycles. The molecule has 0 unspecified atom stereocenters. The SMILES string of the molecule is N#Cc1nn(-c2c(Cl)cc(C(F)(F)F)cc2Cl)c(N2CCOCC2)c1S(=O)(=O)C(F)(F)F. The Balaban J connectivity index is 2.39. The van der Waals surface area contributed by atoms with E-state index in [4.69, 9.17) is 27.9 Å². The number of alkyl halides is 6. The van der Waals surface area contributed by atoms with Gasteiger partial charge in [0.1, 0.15) is 11.8 Å². The maximum absolute atomic E-state index is 13.4. The first kappa shape index (κ1) is 24.4. The van der Waals surface area contributed by atoms with Crippen molar-refractivity contribution in [2.45, 2.75) is 16.6 Å². The van der Waals surface area contributed by atoms with Gasteiger partial charge in [0.05, 0.1) is 28.8 Å². The van der Waals surface area contributed by atoms with Gasteiger partial charge in [-0.25, -0.2) is 13.1 Å². The van der Waals surface area contributed by atoms with Gasteiger partial charge in [0, 0.05) is 13.1 Å². The third-order valence-corrected chi connectivity index (χ3v) is 6.46. The molecule has 174 valence electrons. The number of sulfone groups is 1. The van der Waals surface area contributed by atoms with Gasteiger partial charge in [0.25, 0.3) is 9.84 Å². The molecule has 0 radical (unpaired) electrons. The van der Waals surface area contributed by atoms with Gasteiger partial charge in [-0.1, -0.05) is 23.2 Å². The summed E-state index contributed by atoms with van der Waals surface area (Å²) in [6.45, 7) is -0.222. The standard InChI is InChI=1S/C16H10Cl2F6N4O3S/c17-9-5-8(15(19,20)21)6-10(18)12(9)28-14(27-1-3-31-4-2-27)13(11(7-25)26-28)32(29,30)16(22,23)24/h5-6H,1-4H2. The summed E-state index contributed by atoms with van der Waals surface area (Å²) in [6, 6.07) is 2.19. The van der Waals surface area contributed by atoms with Crippen molar-refractivity contribution in [1.82, 2.24) is 9.78 Å². The lowest BCUT2D eigenvalue weighted by Gasteiger charge is -2.30. The Hall–Kier alpha value is -2.21. The number of nitrogens with zero attached hydrogens (tertiary/aromatic N) is 4. The topological polar surface area (TPSA) is 88.2 Å². The summed E-state index contributed by atoms with van der Waals surface area (Å²) in [4.78, 5) is -0.318. The maximum atomic E-state index is 13.4. The van der Waals surface area contributed by atoms with Crippen molar-refractivity contribution in [3.63, 3.8) is 0 Å². The van der Waals surface area contributed by atoms with E-state index in [1.54, 1.807) is 0 Å². The summed E-state index contributed by atoms with van der Waals surface area (Å²) < 4.78 is 110. The quantitative estimate of drug-likeness (QED) is 0.561. The zero-order chi connectivity index (χ0) is 24.1. The minimum absolute atomic E-state index is 0.00690. The van der Waals surface area contributed by atoms with Crippen LogP contribution in [0.25, 0.3) is 5.69 Å². The van der Waals surface area contributed by atoms with Gasteiger partial charge >= 0.3 is 11.7 Å². The molecule has 0 spiro atoms. The first-order valence-electron chi connectivity index (χ1n) is 8.44. The molecule has 0 atom stereocenters. The second-order valence-corrected chi connectivity index (χ2v) is 9.05. The lowest BCUT2D eigenvalue weighted by atomic mass is 10.2. The molecule has 2 aromatic rings. The third-order valence-electron chi connectivity index (χ3n) is 4.36. The Kier molecular flexibility index (Phi) is 6.33. The number of hydrogen-bond donors (Lipinski definition) is 0. The highest BCUT2D eigenvalue weighted by atomic mass is 35.5. The number of benzene rings is 1. The molecule has 0 amide bonds. The van der Waals surface area contributed by atoms with Crippen LogP contribution in [0.3, 0.4) is 0 Å². The fourth-order valence-electron chi connectivity index (χ4n) is 2.97. The smallest absolute Gasteiger partial charge is 0.378 e. The number of rotatable bonds is 3. The van der Waals surface area contributed by atoms with E-state index in [1.807, 2.05) is 0 Å². The molecule has 16 heteroatoms. The Morgan fingerprint density at radius 1 is 1.06 bits per heavy atom. The lowest BCUT2D eigenvalue weighted by molar-refractivity contribution is -0.137. The number of morpholine rings is 1. The van der Waals surface area contributed by atoms with Crippen LogP contribution in [0.15, 0.2) is 17.0 Å². The first-order valence-corrected chi connectivity index (χ1v) is 10.7. The Bertz CT molecular complexity index is 1180. The van der Waals surface area contributed by atoms with E-state index < -0.39 is 59.2 Å². The normalized spacial score (nSPS) is 15.7. The Labute approximate surface area is 186 Å². The number of nitriles is 1. The molecule has 2 heterocycles. The van der Waals surface area contributed by atoms with Gasteiger partial charge in [-0.05, 0) is 12.1 Å². The van der Waals surface area contributed by atoms with Crippen molar-refractivity contribution in [1.29, 1.82) is 5.26 Å². The molecule has 32 heavy (non-hydrogen) atoms. The minimum atomic E-state index is -6.10. The van der Waals surface area contributed by atoms with Crippen LogP contribution < -0.4 is 4.90 Å². The fraction of sp³-hybridized carbons (Fsp3) is 0.375. The molecular formula is C16H10Cl2F6N4O3S. The predicted octanol–water partition coefficient (Wildman–Crippen LogP) is 4.20. The van der Waals surface area contributed by atoms with E-state index in [0.717, 1.165) is 4.90 Å². The van der Waals surface area contributed by atoms with Crippen LogP contribution in [0.1, 0.15) is 11.3 Å². The van der Waals surface area contributed by atoms with Crippen LogP contribution in [-0.4, -0.2) is 50.0 Å². The lowest BCUT2D eigenvalue weighted by Crippen LogP contribution is -2.39. The molecule has 1 saturated heterocycles. The number of ether oxygens (including phenoxy) is 1. The van der Waals surface area contributed by atoms with E-state index in [2.05, 4.69) is 5.10 Å². The highest BCUT2D eigenvalue weighted by molar-refractivity contribution is 7.92. The number of hydrogen-bond acceptors (Lipinski definition) is 6. The number of halogens is 8. The zero-order valence-electron chi connectivity index (χ0n) is 15.4. The van der Waals surface area contributed by atoms with Crippen molar-refractivity contribution >= 4 is 38.9 Å².